The molecule has 25 heavy (non-hydrogen) atoms. The smallest absolute Gasteiger partial charge is 0.410 e. The highest BCUT2D eigenvalue weighted by Gasteiger charge is 2.35. The third-order valence-corrected chi connectivity index (χ3v) is 3.94. The quantitative estimate of drug-likeness (QED) is 0.785. The van der Waals surface area contributed by atoms with Gasteiger partial charge in [-0.05, 0) is 45.7 Å². The minimum absolute atomic E-state index is 0.0468. The highest BCUT2D eigenvalue weighted by molar-refractivity contribution is 5.89. The van der Waals surface area contributed by atoms with Gasteiger partial charge in [0, 0.05) is 6.54 Å². The Hall–Kier alpha value is -2.55. The van der Waals surface area contributed by atoms with Crippen molar-refractivity contribution in [3.05, 3.63) is 35.9 Å². The first-order valence-corrected chi connectivity index (χ1v) is 8.41. The third kappa shape index (κ3) is 5.49. The highest BCUT2D eigenvalue weighted by Crippen LogP contribution is 2.25. The molecule has 1 aliphatic rings. The number of carbonyl (C=O) groups excluding carboxylic acids is 2. The summed E-state index contributed by atoms with van der Waals surface area (Å²) in [4.78, 5) is 26.1. The van der Waals surface area contributed by atoms with E-state index in [4.69, 9.17) is 9.47 Å². The van der Waals surface area contributed by atoms with E-state index in [0.717, 1.165) is 0 Å². The predicted octanol–water partition coefficient (Wildman–Crippen LogP) is 3.38. The first-order chi connectivity index (χ1) is 11.8. The van der Waals surface area contributed by atoms with Gasteiger partial charge in [0.1, 0.15) is 12.2 Å². The van der Waals surface area contributed by atoms with E-state index >= 15 is 0 Å². The standard InChI is InChI=1S/C19H24N2O4/c1-19(2,3)25-18(23)21-10-9-14(12-20)11-16(21)13-24-17(22)15-7-5-4-6-8-15/h4-8,14,16H,9-11,13H2,1-3H3. The summed E-state index contributed by atoms with van der Waals surface area (Å²) >= 11 is 0. The molecule has 0 saturated carbocycles. The summed E-state index contributed by atoms with van der Waals surface area (Å²) in [6, 6.07) is 10.6. The molecule has 0 aromatic heterocycles. The van der Waals surface area contributed by atoms with E-state index in [1.165, 1.54) is 0 Å². The Morgan fingerprint density at radius 2 is 1.96 bits per heavy atom. The van der Waals surface area contributed by atoms with Crippen LogP contribution in [0.15, 0.2) is 30.3 Å². The Balaban J connectivity index is 2.03. The van der Waals surface area contributed by atoms with Crippen molar-refractivity contribution in [1.82, 2.24) is 4.90 Å². The third-order valence-electron chi connectivity index (χ3n) is 3.94. The van der Waals surface area contributed by atoms with E-state index in [-0.39, 0.29) is 18.6 Å². The molecule has 1 fully saturated rings. The second-order valence-corrected chi connectivity index (χ2v) is 7.14. The van der Waals surface area contributed by atoms with E-state index < -0.39 is 17.7 Å². The van der Waals surface area contributed by atoms with Gasteiger partial charge in [-0.2, -0.15) is 5.26 Å². The number of ether oxygens (including phenoxy) is 2. The lowest BCUT2D eigenvalue weighted by Crippen LogP contribution is -2.50. The monoisotopic (exact) mass is 344 g/mol. The predicted molar refractivity (Wildman–Crippen MR) is 91.8 cm³/mol. The van der Waals surface area contributed by atoms with Crippen molar-refractivity contribution in [2.24, 2.45) is 5.92 Å². The summed E-state index contributed by atoms with van der Waals surface area (Å²) in [5.41, 5.74) is -0.145. The van der Waals surface area contributed by atoms with Crippen molar-refractivity contribution in [2.45, 2.75) is 45.3 Å². The van der Waals surface area contributed by atoms with Crippen molar-refractivity contribution in [3.63, 3.8) is 0 Å². The van der Waals surface area contributed by atoms with Crippen molar-refractivity contribution < 1.29 is 19.1 Å². The molecular formula is C19H24N2O4. The van der Waals surface area contributed by atoms with Crippen molar-refractivity contribution in [1.29, 1.82) is 5.26 Å². The maximum atomic E-state index is 12.4. The lowest BCUT2D eigenvalue weighted by atomic mass is 9.92. The average Bonchev–Trinajstić information content (AvgIpc) is 2.58. The largest absolute Gasteiger partial charge is 0.460 e. The number of nitriles is 1. The molecule has 1 saturated heterocycles. The molecule has 6 heteroatoms. The maximum absolute atomic E-state index is 12.4. The number of nitrogens with zero attached hydrogens (tertiary/aromatic N) is 2. The van der Waals surface area contributed by atoms with Gasteiger partial charge in [0.05, 0.1) is 23.6 Å². The van der Waals surface area contributed by atoms with Crippen LogP contribution in [0.25, 0.3) is 0 Å². The molecule has 1 heterocycles. The summed E-state index contributed by atoms with van der Waals surface area (Å²) in [6.45, 7) is 5.87. The van der Waals surface area contributed by atoms with Gasteiger partial charge in [-0.15, -0.1) is 0 Å². The van der Waals surface area contributed by atoms with Gasteiger partial charge in [0.15, 0.2) is 0 Å². The van der Waals surface area contributed by atoms with Crippen LogP contribution in [0, 0.1) is 17.2 Å². The number of benzene rings is 1. The van der Waals surface area contributed by atoms with E-state index in [1.54, 1.807) is 49.9 Å². The Bertz CT molecular complexity index is 646. The summed E-state index contributed by atoms with van der Waals surface area (Å²) in [5.74, 6) is -0.595. The number of piperidine rings is 1. The fourth-order valence-electron chi connectivity index (χ4n) is 2.72. The molecular weight excluding hydrogens is 320 g/mol. The van der Waals surface area contributed by atoms with Crippen LogP contribution in [0.2, 0.25) is 0 Å². The maximum Gasteiger partial charge on any atom is 0.410 e. The van der Waals surface area contributed by atoms with Gasteiger partial charge >= 0.3 is 12.1 Å². The zero-order chi connectivity index (χ0) is 18.4. The van der Waals surface area contributed by atoms with E-state index in [2.05, 4.69) is 6.07 Å². The molecule has 1 aromatic carbocycles. The van der Waals surface area contributed by atoms with Gasteiger partial charge in [0.2, 0.25) is 0 Å². The Morgan fingerprint density at radius 3 is 2.56 bits per heavy atom. The van der Waals surface area contributed by atoms with Crippen molar-refractivity contribution >= 4 is 12.1 Å². The minimum atomic E-state index is -0.603. The zero-order valence-electron chi connectivity index (χ0n) is 14.9. The molecule has 1 aliphatic heterocycles. The van der Waals surface area contributed by atoms with Gasteiger partial charge in [-0.1, -0.05) is 18.2 Å². The van der Waals surface area contributed by atoms with E-state index in [1.807, 2.05) is 6.07 Å². The first-order valence-electron chi connectivity index (χ1n) is 8.41. The molecule has 2 atom stereocenters. The second kappa shape index (κ2) is 8.02. The molecule has 2 unspecified atom stereocenters. The highest BCUT2D eigenvalue weighted by atomic mass is 16.6. The number of rotatable bonds is 3. The van der Waals surface area contributed by atoms with Crippen molar-refractivity contribution in [3.8, 4) is 6.07 Å². The minimum Gasteiger partial charge on any atom is -0.460 e. The molecule has 1 amide bonds. The number of likely N-dealkylation sites (tertiary alicyclic amines) is 1. The second-order valence-electron chi connectivity index (χ2n) is 7.14. The number of esters is 1. The van der Waals surface area contributed by atoms with Gasteiger partial charge in [-0.25, -0.2) is 9.59 Å². The van der Waals surface area contributed by atoms with Gasteiger partial charge in [0.25, 0.3) is 0 Å². The first kappa shape index (κ1) is 18.8. The SMILES string of the molecule is CC(C)(C)OC(=O)N1CCC(C#N)CC1COC(=O)c1ccccc1. The molecule has 1 aromatic rings. The summed E-state index contributed by atoms with van der Waals surface area (Å²) in [7, 11) is 0. The number of carbonyl (C=O) groups is 2. The lowest BCUT2D eigenvalue weighted by molar-refractivity contribution is -0.00866. The molecule has 0 N–H and O–H groups in total. The molecule has 0 aliphatic carbocycles. The topological polar surface area (TPSA) is 79.6 Å². The number of hydrogen-bond donors (Lipinski definition) is 0. The Morgan fingerprint density at radius 1 is 1.28 bits per heavy atom. The molecule has 6 nitrogen and oxygen atoms in total. The number of amides is 1. The summed E-state index contributed by atoms with van der Waals surface area (Å²) in [6.07, 6.45) is 0.626. The van der Waals surface area contributed by atoms with Crippen LogP contribution in [-0.2, 0) is 9.47 Å². The summed E-state index contributed by atoms with van der Waals surface area (Å²) < 4.78 is 10.8. The fourth-order valence-corrected chi connectivity index (χ4v) is 2.72. The van der Waals surface area contributed by atoms with Crippen LogP contribution in [0.4, 0.5) is 4.79 Å². The molecule has 0 radical (unpaired) electrons. The van der Waals surface area contributed by atoms with E-state index in [0.29, 0.717) is 24.9 Å². The van der Waals surface area contributed by atoms with Crippen LogP contribution in [-0.4, -0.2) is 41.8 Å². The zero-order valence-corrected chi connectivity index (χ0v) is 14.9. The van der Waals surface area contributed by atoms with Gasteiger partial charge < -0.3 is 14.4 Å². The fraction of sp³-hybridized carbons (Fsp3) is 0.526. The Kier molecular flexibility index (Phi) is 6.02. The van der Waals surface area contributed by atoms with E-state index in [9.17, 15) is 14.9 Å². The van der Waals surface area contributed by atoms with Crippen molar-refractivity contribution in [2.75, 3.05) is 13.2 Å². The molecule has 134 valence electrons. The number of hydrogen-bond acceptors (Lipinski definition) is 5. The lowest BCUT2D eigenvalue weighted by Gasteiger charge is -2.37. The molecule has 0 bridgehead atoms. The van der Waals surface area contributed by atoms with Crippen LogP contribution in [0.3, 0.4) is 0 Å². The molecule has 2 rings (SSSR count). The van der Waals surface area contributed by atoms with Crippen LogP contribution >= 0.6 is 0 Å². The van der Waals surface area contributed by atoms with Crippen LogP contribution in [0.5, 0.6) is 0 Å². The van der Waals surface area contributed by atoms with Crippen LogP contribution in [0.1, 0.15) is 44.0 Å². The van der Waals surface area contributed by atoms with Gasteiger partial charge in [-0.3, -0.25) is 0 Å². The Labute approximate surface area is 148 Å². The summed E-state index contributed by atoms with van der Waals surface area (Å²) in [5, 5.41) is 9.18. The van der Waals surface area contributed by atoms with Crippen LogP contribution < -0.4 is 0 Å². The normalized spacial score (nSPS) is 20.5. The average molecular weight is 344 g/mol. The molecule has 0 spiro atoms.